The van der Waals surface area contributed by atoms with Crippen molar-refractivity contribution >= 4 is 58.4 Å². The maximum Gasteiger partial charge on any atom is 0.244 e. The zero-order valence-electron chi connectivity index (χ0n) is 19.3. The molecule has 0 aromatic heterocycles. The SMILES string of the molecule is CC(=O)N(/N=C/c1ccccc1)c1cc(Cl)c(Cc2ccc(C(=O)c3ccc(Cl)cc3)cc2)c(Cl)c1. The summed E-state index contributed by atoms with van der Waals surface area (Å²) in [5.41, 5.74) is 4.12. The number of carbonyl (C=O) groups excluding carboxylic acids is 2. The molecule has 0 heterocycles. The minimum atomic E-state index is -0.275. The van der Waals surface area contributed by atoms with Gasteiger partial charge in [0.05, 0.1) is 11.9 Å². The van der Waals surface area contributed by atoms with Gasteiger partial charge in [-0.1, -0.05) is 89.4 Å². The molecule has 0 saturated carbocycles. The van der Waals surface area contributed by atoms with Gasteiger partial charge in [-0.3, -0.25) is 9.59 Å². The predicted molar refractivity (Wildman–Crippen MR) is 148 cm³/mol. The maximum atomic E-state index is 12.7. The van der Waals surface area contributed by atoms with Crippen LogP contribution in [0.2, 0.25) is 15.1 Å². The molecule has 4 nitrogen and oxygen atoms in total. The Kier molecular flexibility index (Phi) is 8.21. The van der Waals surface area contributed by atoms with Gasteiger partial charge in [0.25, 0.3) is 0 Å². The number of hydrazone groups is 1. The van der Waals surface area contributed by atoms with E-state index in [1.54, 1.807) is 54.7 Å². The first-order valence-corrected chi connectivity index (χ1v) is 12.2. The van der Waals surface area contributed by atoms with Gasteiger partial charge in [-0.05, 0) is 53.1 Å². The minimum absolute atomic E-state index is 0.0842. The van der Waals surface area contributed by atoms with E-state index in [9.17, 15) is 9.59 Å². The normalized spacial score (nSPS) is 11.0. The van der Waals surface area contributed by atoms with E-state index in [-0.39, 0.29) is 11.7 Å². The van der Waals surface area contributed by atoms with E-state index in [0.29, 0.717) is 38.3 Å². The van der Waals surface area contributed by atoms with Gasteiger partial charge in [-0.25, -0.2) is 5.01 Å². The van der Waals surface area contributed by atoms with Gasteiger partial charge in [-0.2, -0.15) is 5.10 Å². The summed E-state index contributed by atoms with van der Waals surface area (Å²) in [5.74, 6) is -0.359. The Labute approximate surface area is 224 Å². The third kappa shape index (κ3) is 6.21. The van der Waals surface area contributed by atoms with Crippen LogP contribution in [-0.4, -0.2) is 17.9 Å². The molecule has 180 valence electrons. The lowest BCUT2D eigenvalue weighted by Crippen LogP contribution is -2.22. The number of rotatable bonds is 7. The number of halogens is 3. The molecule has 0 aliphatic rings. The smallest absolute Gasteiger partial charge is 0.244 e. The molecule has 7 heteroatoms. The van der Waals surface area contributed by atoms with Gasteiger partial charge in [-0.15, -0.1) is 0 Å². The molecule has 0 aliphatic heterocycles. The van der Waals surface area contributed by atoms with Crippen molar-refractivity contribution in [3.8, 4) is 0 Å². The van der Waals surface area contributed by atoms with Crippen molar-refractivity contribution in [2.45, 2.75) is 13.3 Å². The molecule has 0 fully saturated rings. The summed E-state index contributed by atoms with van der Waals surface area (Å²) in [6.45, 7) is 1.42. The molecule has 4 aromatic carbocycles. The molecule has 36 heavy (non-hydrogen) atoms. The highest BCUT2D eigenvalue weighted by atomic mass is 35.5. The van der Waals surface area contributed by atoms with Crippen molar-refractivity contribution < 1.29 is 9.59 Å². The highest BCUT2D eigenvalue weighted by Gasteiger charge is 2.16. The summed E-state index contributed by atoms with van der Waals surface area (Å²) < 4.78 is 0. The van der Waals surface area contributed by atoms with Crippen LogP contribution in [0.3, 0.4) is 0 Å². The molecule has 0 bridgehead atoms. The van der Waals surface area contributed by atoms with Crippen molar-refractivity contribution in [3.63, 3.8) is 0 Å². The molecule has 0 atom stereocenters. The van der Waals surface area contributed by atoms with Gasteiger partial charge >= 0.3 is 0 Å². The Morgan fingerprint density at radius 3 is 1.92 bits per heavy atom. The molecule has 0 aliphatic carbocycles. The average Bonchev–Trinajstić information content (AvgIpc) is 2.87. The molecular weight excluding hydrogens is 515 g/mol. The Hall–Kier alpha value is -3.44. The lowest BCUT2D eigenvalue weighted by atomic mass is 9.99. The second-order valence-corrected chi connectivity index (χ2v) is 9.33. The average molecular weight is 536 g/mol. The van der Waals surface area contributed by atoms with Crippen LogP contribution in [0.25, 0.3) is 0 Å². The second-order valence-electron chi connectivity index (χ2n) is 8.08. The van der Waals surface area contributed by atoms with Gasteiger partial charge in [0, 0.05) is 39.5 Å². The van der Waals surface area contributed by atoms with Crippen LogP contribution in [0.5, 0.6) is 0 Å². The van der Waals surface area contributed by atoms with E-state index in [1.165, 1.54) is 11.9 Å². The van der Waals surface area contributed by atoms with Crippen molar-refractivity contribution in [3.05, 3.63) is 134 Å². The molecule has 0 spiro atoms. The fourth-order valence-corrected chi connectivity index (χ4v) is 4.36. The van der Waals surface area contributed by atoms with Crippen molar-refractivity contribution in [1.82, 2.24) is 0 Å². The fraction of sp³-hybridized carbons (Fsp3) is 0.0690. The van der Waals surface area contributed by atoms with E-state index in [2.05, 4.69) is 5.10 Å². The number of ketones is 1. The maximum absolute atomic E-state index is 12.7. The number of hydrogen-bond donors (Lipinski definition) is 0. The van der Waals surface area contributed by atoms with E-state index in [1.807, 2.05) is 42.5 Å². The van der Waals surface area contributed by atoms with E-state index in [0.717, 1.165) is 16.7 Å². The topological polar surface area (TPSA) is 49.7 Å². The molecular formula is C29H21Cl3N2O2. The molecule has 1 amide bonds. The summed E-state index contributed by atoms with van der Waals surface area (Å²) in [4.78, 5) is 25.0. The molecule has 0 saturated heterocycles. The standard InChI is InChI=1S/C29H21Cl3N2O2/c1-19(35)34(33-18-21-5-3-2-4-6-21)25-16-27(31)26(28(32)17-25)15-20-7-9-22(10-8-20)29(36)23-11-13-24(30)14-12-23/h2-14,16-18H,15H2,1H3/b33-18+. The van der Waals surface area contributed by atoms with E-state index < -0.39 is 0 Å². The third-order valence-corrected chi connectivity index (χ3v) is 6.42. The first-order valence-electron chi connectivity index (χ1n) is 11.1. The largest absolute Gasteiger partial charge is 0.289 e. The minimum Gasteiger partial charge on any atom is -0.289 e. The van der Waals surface area contributed by atoms with Crippen LogP contribution in [0.15, 0.2) is 96.1 Å². The van der Waals surface area contributed by atoms with Crippen LogP contribution in [-0.2, 0) is 11.2 Å². The predicted octanol–water partition coefficient (Wildman–Crippen LogP) is 7.86. The molecule has 0 unspecified atom stereocenters. The Balaban J connectivity index is 1.53. The number of benzene rings is 4. The van der Waals surface area contributed by atoms with Crippen LogP contribution in [0, 0.1) is 0 Å². The zero-order chi connectivity index (χ0) is 25.7. The number of amides is 1. The quantitative estimate of drug-likeness (QED) is 0.137. The second kappa shape index (κ2) is 11.5. The van der Waals surface area contributed by atoms with Crippen LogP contribution in [0.4, 0.5) is 5.69 Å². The van der Waals surface area contributed by atoms with Crippen molar-refractivity contribution in [2.75, 3.05) is 5.01 Å². The Morgan fingerprint density at radius 1 is 0.806 bits per heavy atom. The Bertz CT molecular complexity index is 1390. The van der Waals surface area contributed by atoms with Crippen molar-refractivity contribution in [1.29, 1.82) is 0 Å². The van der Waals surface area contributed by atoms with E-state index in [4.69, 9.17) is 34.8 Å². The number of nitrogens with zero attached hydrogens (tertiary/aromatic N) is 2. The van der Waals surface area contributed by atoms with Gasteiger partial charge in [0.2, 0.25) is 5.91 Å². The molecule has 4 aromatic rings. The number of carbonyl (C=O) groups is 2. The van der Waals surface area contributed by atoms with Crippen LogP contribution >= 0.6 is 34.8 Å². The lowest BCUT2D eigenvalue weighted by molar-refractivity contribution is -0.116. The van der Waals surface area contributed by atoms with Crippen LogP contribution < -0.4 is 5.01 Å². The van der Waals surface area contributed by atoms with E-state index >= 15 is 0 Å². The molecule has 0 radical (unpaired) electrons. The number of hydrogen-bond acceptors (Lipinski definition) is 3. The van der Waals surface area contributed by atoms with Gasteiger partial charge in [0.1, 0.15) is 0 Å². The Morgan fingerprint density at radius 2 is 1.36 bits per heavy atom. The number of anilines is 1. The summed E-state index contributed by atoms with van der Waals surface area (Å²) in [7, 11) is 0. The van der Waals surface area contributed by atoms with Crippen molar-refractivity contribution in [2.24, 2.45) is 5.10 Å². The van der Waals surface area contributed by atoms with Crippen LogP contribution in [0.1, 0.15) is 39.5 Å². The summed E-state index contributed by atoms with van der Waals surface area (Å²) in [6, 6.07) is 26.9. The highest BCUT2D eigenvalue weighted by Crippen LogP contribution is 2.33. The summed E-state index contributed by atoms with van der Waals surface area (Å²) in [6.07, 6.45) is 2.06. The molecule has 4 rings (SSSR count). The monoisotopic (exact) mass is 534 g/mol. The highest BCUT2D eigenvalue weighted by molar-refractivity contribution is 6.36. The first kappa shape index (κ1) is 25.6. The fourth-order valence-electron chi connectivity index (χ4n) is 3.62. The lowest BCUT2D eigenvalue weighted by Gasteiger charge is -2.18. The molecule has 0 N–H and O–H groups in total. The third-order valence-electron chi connectivity index (χ3n) is 5.49. The first-order chi connectivity index (χ1) is 17.3. The van der Waals surface area contributed by atoms with Gasteiger partial charge in [0.15, 0.2) is 5.78 Å². The summed E-state index contributed by atoms with van der Waals surface area (Å²) in [5, 5.41) is 6.99. The van der Waals surface area contributed by atoms with Gasteiger partial charge < -0.3 is 0 Å². The zero-order valence-corrected chi connectivity index (χ0v) is 21.6. The summed E-state index contributed by atoms with van der Waals surface area (Å²) >= 11 is 19.1.